The number of ketones is 1. The van der Waals surface area contributed by atoms with Crippen molar-refractivity contribution >= 4 is 34.7 Å². The summed E-state index contributed by atoms with van der Waals surface area (Å²) >= 11 is 6.08. The van der Waals surface area contributed by atoms with Crippen LogP contribution in [0.15, 0.2) is 78.4 Å². The van der Waals surface area contributed by atoms with Gasteiger partial charge in [-0.05, 0) is 55.8 Å². The van der Waals surface area contributed by atoms with Crippen molar-refractivity contribution in [3.63, 3.8) is 0 Å². The van der Waals surface area contributed by atoms with Crippen LogP contribution in [0.2, 0.25) is 5.02 Å². The molecule has 1 aliphatic heterocycles. The average Bonchev–Trinajstić information content (AvgIpc) is 3.11. The third-order valence-electron chi connectivity index (χ3n) is 5.48. The van der Waals surface area contributed by atoms with Gasteiger partial charge in [0.05, 0.1) is 30.4 Å². The van der Waals surface area contributed by atoms with Crippen LogP contribution in [0.1, 0.15) is 31.0 Å². The number of aliphatic hydroxyl groups is 1. The first-order chi connectivity index (χ1) is 16.5. The predicted octanol–water partition coefficient (Wildman–Crippen LogP) is 5.76. The highest BCUT2D eigenvalue weighted by Crippen LogP contribution is 2.43. The standard InChI is InChI=1S/C27H24ClNO5/c1-3-33-20-14-15-21(22(16-20)34-4-2)25(30)23-24(17-10-12-18(28)13-11-17)29(27(32)26(23)31)19-8-6-5-7-9-19/h5-16,24,30H,3-4H2,1-2H3/b25-23-. The van der Waals surface area contributed by atoms with Crippen LogP contribution < -0.4 is 14.4 Å². The lowest BCUT2D eigenvalue weighted by Gasteiger charge is -2.25. The van der Waals surface area contributed by atoms with E-state index in [4.69, 9.17) is 21.1 Å². The molecular weight excluding hydrogens is 454 g/mol. The summed E-state index contributed by atoms with van der Waals surface area (Å²) in [7, 11) is 0. The Morgan fingerprint density at radius 2 is 1.62 bits per heavy atom. The van der Waals surface area contributed by atoms with Crippen LogP contribution >= 0.6 is 11.6 Å². The number of carbonyl (C=O) groups is 2. The number of benzene rings is 3. The third-order valence-corrected chi connectivity index (χ3v) is 5.74. The number of hydrogen-bond donors (Lipinski definition) is 1. The number of ether oxygens (including phenoxy) is 2. The molecule has 1 amide bonds. The van der Waals surface area contributed by atoms with Gasteiger partial charge in [0.15, 0.2) is 0 Å². The van der Waals surface area contributed by atoms with Gasteiger partial charge in [-0.1, -0.05) is 41.9 Å². The van der Waals surface area contributed by atoms with Crippen molar-refractivity contribution in [2.75, 3.05) is 18.1 Å². The number of hydrogen-bond acceptors (Lipinski definition) is 5. The van der Waals surface area contributed by atoms with Gasteiger partial charge in [0.2, 0.25) is 0 Å². The molecule has 3 aromatic carbocycles. The number of Topliss-reactive ketones (excluding diaryl/α,β-unsaturated/α-hetero) is 1. The summed E-state index contributed by atoms with van der Waals surface area (Å²) < 4.78 is 11.3. The summed E-state index contributed by atoms with van der Waals surface area (Å²) in [5.41, 5.74) is 1.45. The number of amides is 1. The van der Waals surface area contributed by atoms with E-state index in [9.17, 15) is 14.7 Å². The van der Waals surface area contributed by atoms with E-state index in [-0.39, 0.29) is 11.3 Å². The Morgan fingerprint density at radius 1 is 0.941 bits per heavy atom. The van der Waals surface area contributed by atoms with E-state index in [2.05, 4.69) is 0 Å². The minimum Gasteiger partial charge on any atom is -0.507 e. The van der Waals surface area contributed by atoms with Gasteiger partial charge in [-0.3, -0.25) is 14.5 Å². The average molecular weight is 478 g/mol. The molecule has 0 spiro atoms. The second-order valence-electron chi connectivity index (χ2n) is 7.58. The molecule has 1 unspecified atom stereocenters. The summed E-state index contributed by atoms with van der Waals surface area (Å²) in [5, 5.41) is 11.9. The number of para-hydroxylation sites is 1. The zero-order chi connectivity index (χ0) is 24.2. The van der Waals surface area contributed by atoms with Gasteiger partial charge in [0.25, 0.3) is 11.7 Å². The quantitative estimate of drug-likeness (QED) is 0.266. The zero-order valence-corrected chi connectivity index (χ0v) is 19.6. The van der Waals surface area contributed by atoms with Gasteiger partial charge < -0.3 is 14.6 Å². The Labute approximate surface area is 203 Å². The van der Waals surface area contributed by atoms with E-state index in [1.807, 2.05) is 19.9 Å². The molecule has 0 bridgehead atoms. The fourth-order valence-corrected chi connectivity index (χ4v) is 4.15. The van der Waals surface area contributed by atoms with Crippen molar-refractivity contribution in [3.05, 3.63) is 94.5 Å². The second kappa shape index (κ2) is 10.0. The van der Waals surface area contributed by atoms with Gasteiger partial charge in [-0.25, -0.2) is 0 Å². The van der Waals surface area contributed by atoms with Crippen molar-refractivity contribution in [3.8, 4) is 11.5 Å². The van der Waals surface area contributed by atoms with Gasteiger partial charge in [0, 0.05) is 16.8 Å². The topological polar surface area (TPSA) is 76.1 Å². The first-order valence-corrected chi connectivity index (χ1v) is 11.4. The lowest BCUT2D eigenvalue weighted by Crippen LogP contribution is -2.29. The molecule has 0 aromatic heterocycles. The Hall–Kier alpha value is -3.77. The van der Waals surface area contributed by atoms with Crippen LogP contribution in [0.3, 0.4) is 0 Å². The van der Waals surface area contributed by atoms with Crippen LogP contribution in [0.5, 0.6) is 11.5 Å². The van der Waals surface area contributed by atoms with Crippen molar-refractivity contribution in [1.82, 2.24) is 0 Å². The molecule has 34 heavy (non-hydrogen) atoms. The minimum atomic E-state index is -0.847. The smallest absolute Gasteiger partial charge is 0.300 e. The largest absolute Gasteiger partial charge is 0.507 e. The summed E-state index contributed by atoms with van der Waals surface area (Å²) in [6, 6.07) is 19.9. The molecule has 6 nitrogen and oxygen atoms in total. The Bertz CT molecular complexity index is 1240. The van der Waals surface area contributed by atoms with Crippen LogP contribution in [0.4, 0.5) is 5.69 Å². The maximum Gasteiger partial charge on any atom is 0.300 e. The highest BCUT2D eigenvalue weighted by molar-refractivity contribution is 6.51. The second-order valence-corrected chi connectivity index (χ2v) is 8.02. The highest BCUT2D eigenvalue weighted by atomic mass is 35.5. The predicted molar refractivity (Wildman–Crippen MR) is 131 cm³/mol. The van der Waals surface area contributed by atoms with Crippen LogP contribution in [0, 0.1) is 0 Å². The van der Waals surface area contributed by atoms with E-state index < -0.39 is 17.7 Å². The normalized spacial score (nSPS) is 17.1. The zero-order valence-electron chi connectivity index (χ0n) is 18.8. The lowest BCUT2D eigenvalue weighted by atomic mass is 9.94. The molecule has 7 heteroatoms. The Kier molecular flexibility index (Phi) is 6.89. The number of carbonyl (C=O) groups excluding carboxylic acids is 2. The molecular formula is C27H24ClNO5. The van der Waals surface area contributed by atoms with Gasteiger partial charge in [0.1, 0.15) is 17.3 Å². The number of aliphatic hydroxyl groups excluding tert-OH is 1. The van der Waals surface area contributed by atoms with Gasteiger partial charge in [-0.2, -0.15) is 0 Å². The van der Waals surface area contributed by atoms with Crippen LogP contribution in [-0.2, 0) is 9.59 Å². The maximum atomic E-state index is 13.3. The fourth-order valence-electron chi connectivity index (χ4n) is 4.02. The fraction of sp³-hybridized carbons (Fsp3) is 0.185. The number of rotatable bonds is 7. The van der Waals surface area contributed by atoms with Crippen molar-refractivity contribution in [1.29, 1.82) is 0 Å². The molecule has 174 valence electrons. The van der Waals surface area contributed by atoms with Crippen molar-refractivity contribution in [2.24, 2.45) is 0 Å². The molecule has 1 saturated heterocycles. The molecule has 3 aromatic rings. The van der Waals surface area contributed by atoms with E-state index in [1.54, 1.807) is 66.7 Å². The summed E-state index contributed by atoms with van der Waals surface area (Å²) in [6.45, 7) is 4.50. The van der Waals surface area contributed by atoms with Gasteiger partial charge >= 0.3 is 0 Å². The summed E-state index contributed by atoms with van der Waals surface area (Å²) in [5.74, 6) is -0.898. The Balaban J connectivity index is 1.93. The molecule has 4 rings (SSSR count). The molecule has 1 N–H and O–H groups in total. The van der Waals surface area contributed by atoms with E-state index >= 15 is 0 Å². The molecule has 0 radical (unpaired) electrons. The van der Waals surface area contributed by atoms with E-state index in [0.29, 0.717) is 46.5 Å². The lowest BCUT2D eigenvalue weighted by molar-refractivity contribution is -0.132. The first kappa shape index (κ1) is 23.4. The summed E-state index contributed by atoms with van der Waals surface area (Å²) in [6.07, 6.45) is 0. The molecule has 1 aliphatic rings. The SMILES string of the molecule is CCOc1ccc(/C(O)=C2/C(=O)C(=O)N(c3ccccc3)C2c2ccc(Cl)cc2)c(OCC)c1. The van der Waals surface area contributed by atoms with Crippen LogP contribution in [0.25, 0.3) is 5.76 Å². The van der Waals surface area contributed by atoms with Crippen molar-refractivity contribution < 1.29 is 24.2 Å². The maximum absolute atomic E-state index is 13.3. The molecule has 1 fully saturated rings. The van der Waals surface area contributed by atoms with E-state index in [1.165, 1.54) is 4.90 Å². The first-order valence-electron chi connectivity index (χ1n) is 11.0. The van der Waals surface area contributed by atoms with Crippen molar-refractivity contribution in [2.45, 2.75) is 19.9 Å². The Morgan fingerprint density at radius 3 is 2.26 bits per heavy atom. The molecule has 1 heterocycles. The molecule has 1 atom stereocenters. The monoisotopic (exact) mass is 477 g/mol. The number of halogens is 1. The highest BCUT2D eigenvalue weighted by Gasteiger charge is 2.47. The minimum absolute atomic E-state index is 0.0266. The molecule has 0 aliphatic carbocycles. The number of nitrogens with zero attached hydrogens (tertiary/aromatic N) is 1. The number of anilines is 1. The van der Waals surface area contributed by atoms with Gasteiger partial charge in [-0.15, -0.1) is 0 Å². The van der Waals surface area contributed by atoms with E-state index in [0.717, 1.165) is 0 Å². The summed E-state index contributed by atoms with van der Waals surface area (Å²) in [4.78, 5) is 27.9. The van der Waals surface area contributed by atoms with Crippen LogP contribution in [-0.4, -0.2) is 30.0 Å². The molecule has 0 saturated carbocycles. The third kappa shape index (κ3) is 4.37.